The number of carbonyl (C=O) groups is 3. The van der Waals surface area contributed by atoms with Crippen molar-refractivity contribution in [2.45, 2.75) is 32.9 Å². The Morgan fingerprint density at radius 2 is 1.79 bits per heavy atom. The van der Waals surface area contributed by atoms with Crippen molar-refractivity contribution in [1.29, 1.82) is 0 Å². The summed E-state index contributed by atoms with van der Waals surface area (Å²) in [5.74, 6) is -0.345. The Morgan fingerprint density at radius 3 is 2.50 bits per heavy atom. The molecule has 0 saturated carbocycles. The van der Waals surface area contributed by atoms with Crippen LogP contribution in [0.2, 0.25) is 0 Å². The van der Waals surface area contributed by atoms with Crippen LogP contribution in [-0.2, 0) is 4.79 Å². The highest BCUT2D eigenvalue weighted by molar-refractivity contribution is 5.98. The molecule has 1 aromatic heterocycles. The molecule has 1 unspecified atom stereocenters. The van der Waals surface area contributed by atoms with Gasteiger partial charge in [0.25, 0.3) is 11.8 Å². The second-order valence-corrected chi connectivity index (χ2v) is 8.75. The number of aliphatic imine (C=N–C) groups is 1. The summed E-state index contributed by atoms with van der Waals surface area (Å²) in [6.07, 6.45) is -0.114. The van der Waals surface area contributed by atoms with Gasteiger partial charge >= 0.3 is 0 Å². The maximum atomic E-state index is 13.3. The van der Waals surface area contributed by atoms with E-state index in [0.29, 0.717) is 34.1 Å². The molecule has 5 rings (SSSR count). The SMILES string of the molecule is CC(=O)c1cccc(C(=O)NNC(=O)C2Nc3ccc(cc3)/C(N)=N\COc3cc2ccc3OC(C)C)n1. The maximum absolute atomic E-state index is 13.3. The lowest BCUT2D eigenvalue weighted by atomic mass is 10.0. The third-order valence-electron chi connectivity index (χ3n) is 5.51. The number of pyridine rings is 1. The summed E-state index contributed by atoms with van der Waals surface area (Å²) in [5.41, 5.74) is 12.9. The molecule has 0 aliphatic carbocycles. The molecule has 38 heavy (non-hydrogen) atoms. The summed E-state index contributed by atoms with van der Waals surface area (Å²) in [7, 11) is 0. The van der Waals surface area contributed by atoms with Crippen molar-refractivity contribution in [3.8, 4) is 11.5 Å². The average Bonchev–Trinajstić information content (AvgIpc) is 2.92. The molecule has 2 aliphatic rings. The Hall–Kier alpha value is -4.93. The number of Topliss-reactive ketones (excluding diaryl/α,β-unsaturated/α-hetero) is 1. The van der Waals surface area contributed by atoms with Crippen LogP contribution >= 0.6 is 0 Å². The Labute approximate surface area is 219 Å². The molecule has 3 heterocycles. The predicted octanol–water partition coefficient (Wildman–Crippen LogP) is 2.74. The van der Waals surface area contributed by atoms with Crippen LogP contribution in [0.15, 0.2) is 65.7 Å². The Bertz CT molecular complexity index is 1390. The number of fused-ring (bicyclic) bond motifs is 5. The normalized spacial score (nSPS) is 15.9. The topological polar surface area (TPSA) is 157 Å². The maximum Gasteiger partial charge on any atom is 0.288 e. The second kappa shape index (κ2) is 11.4. The Morgan fingerprint density at radius 1 is 1.05 bits per heavy atom. The van der Waals surface area contributed by atoms with Gasteiger partial charge in [-0.15, -0.1) is 0 Å². The van der Waals surface area contributed by atoms with Gasteiger partial charge in [0, 0.05) is 18.2 Å². The standard InChI is InChI=1S/C27H28N6O5/c1-15(2)38-22-12-9-18-13-23(22)37-14-29-25(28)17-7-10-19(11-8-17)30-24(18)27(36)33-32-26(35)21-6-4-5-20(31-21)16(3)34/h4-13,15,24,30H,14H2,1-3H3,(H2,28,29)(H,32,35)(H,33,36). The van der Waals surface area contributed by atoms with Gasteiger partial charge in [-0.3, -0.25) is 25.2 Å². The number of hydrogen-bond donors (Lipinski definition) is 4. The van der Waals surface area contributed by atoms with Gasteiger partial charge in [-0.25, -0.2) is 9.98 Å². The van der Waals surface area contributed by atoms with Gasteiger partial charge in [-0.05, 0) is 67.9 Å². The fourth-order valence-corrected chi connectivity index (χ4v) is 3.65. The molecule has 4 bridgehead atoms. The number of benzene rings is 2. The number of rotatable bonds is 5. The van der Waals surface area contributed by atoms with Gasteiger partial charge in [-0.2, -0.15) is 0 Å². The quantitative estimate of drug-likeness (QED) is 0.298. The molecule has 5 N–H and O–H groups in total. The smallest absolute Gasteiger partial charge is 0.288 e. The number of ether oxygens (including phenoxy) is 2. The number of amides is 2. The molecule has 0 radical (unpaired) electrons. The van der Waals surface area contributed by atoms with Crippen molar-refractivity contribution in [1.82, 2.24) is 15.8 Å². The average molecular weight is 517 g/mol. The van der Waals surface area contributed by atoms with Crippen molar-refractivity contribution in [2.24, 2.45) is 10.7 Å². The van der Waals surface area contributed by atoms with Crippen molar-refractivity contribution in [3.05, 3.63) is 83.2 Å². The van der Waals surface area contributed by atoms with Crippen molar-refractivity contribution >= 4 is 29.1 Å². The van der Waals surface area contributed by atoms with Gasteiger partial charge in [0.2, 0.25) is 0 Å². The number of amidine groups is 1. The third kappa shape index (κ3) is 6.25. The number of ketones is 1. The van der Waals surface area contributed by atoms with Crippen molar-refractivity contribution in [3.63, 3.8) is 0 Å². The minimum Gasteiger partial charge on any atom is -0.487 e. The van der Waals surface area contributed by atoms with Gasteiger partial charge in [0.1, 0.15) is 23.3 Å². The number of anilines is 1. The van der Waals surface area contributed by atoms with E-state index in [0.717, 1.165) is 0 Å². The molecule has 0 fully saturated rings. The summed E-state index contributed by atoms with van der Waals surface area (Å²) in [6, 6.07) is 15.7. The molecular weight excluding hydrogens is 488 g/mol. The highest BCUT2D eigenvalue weighted by atomic mass is 16.5. The number of nitrogens with two attached hydrogens (primary N) is 1. The molecule has 196 valence electrons. The number of hydrazine groups is 1. The number of carbonyl (C=O) groups excluding carboxylic acids is 3. The van der Waals surface area contributed by atoms with Crippen molar-refractivity contribution < 1.29 is 23.9 Å². The first-order chi connectivity index (χ1) is 18.2. The first-order valence-corrected chi connectivity index (χ1v) is 11.9. The first-order valence-electron chi connectivity index (χ1n) is 11.9. The fourth-order valence-electron chi connectivity index (χ4n) is 3.65. The largest absolute Gasteiger partial charge is 0.487 e. The zero-order valence-corrected chi connectivity index (χ0v) is 21.1. The number of nitrogens with zero attached hydrogens (tertiary/aromatic N) is 2. The molecular formula is C27H28N6O5. The third-order valence-corrected chi connectivity index (χ3v) is 5.51. The predicted molar refractivity (Wildman–Crippen MR) is 141 cm³/mol. The van der Waals surface area contributed by atoms with E-state index >= 15 is 0 Å². The van der Waals surface area contributed by atoms with E-state index in [1.165, 1.54) is 19.1 Å². The minimum absolute atomic E-state index is 0.0139. The molecule has 0 saturated heterocycles. The summed E-state index contributed by atoms with van der Waals surface area (Å²) >= 11 is 0. The van der Waals surface area contributed by atoms with Crippen LogP contribution in [0.3, 0.4) is 0 Å². The van der Waals surface area contributed by atoms with Gasteiger partial charge in [0.05, 0.1) is 6.10 Å². The van der Waals surface area contributed by atoms with E-state index in [4.69, 9.17) is 15.2 Å². The zero-order chi connectivity index (χ0) is 27.2. The van der Waals surface area contributed by atoms with Gasteiger partial charge in [0.15, 0.2) is 24.0 Å². The first kappa shape index (κ1) is 26.1. The van der Waals surface area contributed by atoms with Crippen LogP contribution in [0.5, 0.6) is 11.5 Å². The van der Waals surface area contributed by atoms with E-state index in [2.05, 4.69) is 26.1 Å². The molecule has 2 aromatic carbocycles. The lowest BCUT2D eigenvalue weighted by Gasteiger charge is -2.22. The Kier molecular flexibility index (Phi) is 7.86. The van der Waals surface area contributed by atoms with E-state index in [-0.39, 0.29) is 30.0 Å². The second-order valence-electron chi connectivity index (χ2n) is 8.75. The van der Waals surface area contributed by atoms with E-state index in [9.17, 15) is 14.4 Å². The van der Waals surface area contributed by atoms with Crippen LogP contribution in [0.4, 0.5) is 5.69 Å². The molecule has 3 aromatic rings. The summed E-state index contributed by atoms with van der Waals surface area (Å²) in [5, 5.41) is 3.18. The Balaban J connectivity index is 1.63. The highest BCUT2D eigenvalue weighted by Crippen LogP contribution is 2.33. The number of aromatic nitrogens is 1. The monoisotopic (exact) mass is 516 g/mol. The van der Waals surface area contributed by atoms with Gasteiger partial charge in [-0.1, -0.05) is 12.1 Å². The molecule has 11 nitrogen and oxygen atoms in total. The zero-order valence-electron chi connectivity index (χ0n) is 21.1. The van der Waals surface area contributed by atoms with Crippen LogP contribution < -0.4 is 31.4 Å². The van der Waals surface area contributed by atoms with Crippen LogP contribution in [0, 0.1) is 0 Å². The van der Waals surface area contributed by atoms with Crippen LogP contribution in [0.25, 0.3) is 0 Å². The summed E-state index contributed by atoms with van der Waals surface area (Å²) in [4.78, 5) is 45.9. The lowest BCUT2D eigenvalue weighted by Crippen LogP contribution is -2.45. The van der Waals surface area contributed by atoms with Gasteiger partial charge < -0.3 is 20.5 Å². The fraction of sp³-hybridized carbons (Fsp3) is 0.222. The minimum atomic E-state index is -0.938. The lowest BCUT2D eigenvalue weighted by molar-refractivity contribution is -0.122. The molecule has 0 spiro atoms. The van der Waals surface area contributed by atoms with E-state index in [1.54, 1.807) is 48.5 Å². The molecule has 11 heteroatoms. The molecule has 1 atom stereocenters. The highest BCUT2D eigenvalue weighted by Gasteiger charge is 2.24. The summed E-state index contributed by atoms with van der Waals surface area (Å²) in [6.45, 7) is 5.07. The molecule has 2 aliphatic heterocycles. The van der Waals surface area contributed by atoms with Crippen LogP contribution in [0.1, 0.15) is 58.9 Å². The van der Waals surface area contributed by atoms with E-state index in [1.807, 2.05) is 13.8 Å². The van der Waals surface area contributed by atoms with Crippen molar-refractivity contribution in [2.75, 3.05) is 12.0 Å². The van der Waals surface area contributed by atoms with E-state index < -0.39 is 17.9 Å². The number of hydrogen-bond acceptors (Lipinski definition) is 9. The molecule has 2 amide bonds. The number of nitrogens with one attached hydrogen (secondary N) is 3. The van der Waals surface area contributed by atoms with Crippen LogP contribution in [-0.4, -0.2) is 41.3 Å². The summed E-state index contributed by atoms with van der Waals surface area (Å²) < 4.78 is 11.7.